The molecular weight excluding hydrogens is 198 g/mol. The topological polar surface area (TPSA) is 30.0 Å². The normalized spacial score (nSPS) is 10.4. The molecule has 0 fully saturated rings. The highest BCUT2D eigenvalue weighted by molar-refractivity contribution is 5.80. The maximum absolute atomic E-state index is 11.7. The van der Waals surface area contributed by atoms with E-state index in [-0.39, 0.29) is 0 Å². The van der Waals surface area contributed by atoms with E-state index < -0.39 is 0 Å². The van der Waals surface area contributed by atoms with Gasteiger partial charge in [-0.2, -0.15) is 0 Å². The molecule has 0 radical (unpaired) electrons. The molecule has 0 atom stereocenters. The summed E-state index contributed by atoms with van der Waals surface area (Å²) >= 11 is 0. The van der Waals surface area contributed by atoms with Gasteiger partial charge in [-0.3, -0.25) is 9.78 Å². The summed E-state index contributed by atoms with van der Waals surface area (Å²) in [6.07, 6.45) is 7.60. The monoisotopic (exact) mass is 219 g/mol. The molecular formula is C14H21NO. The lowest BCUT2D eigenvalue weighted by Crippen LogP contribution is -2.05. The van der Waals surface area contributed by atoms with Gasteiger partial charge >= 0.3 is 0 Å². The average Bonchev–Trinajstić information content (AvgIpc) is 2.28. The van der Waals surface area contributed by atoms with Crippen LogP contribution in [0.5, 0.6) is 0 Å². The minimum atomic E-state index is 0.318. The molecule has 0 aliphatic rings. The highest BCUT2D eigenvalue weighted by Crippen LogP contribution is 2.08. The second kappa shape index (κ2) is 7.15. The van der Waals surface area contributed by atoms with Crippen LogP contribution in [0.1, 0.15) is 50.3 Å². The Labute approximate surface area is 98.1 Å². The van der Waals surface area contributed by atoms with Gasteiger partial charge in [0.15, 0.2) is 0 Å². The van der Waals surface area contributed by atoms with E-state index in [0.717, 1.165) is 17.7 Å². The third-order valence-corrected chi connectivity index (χ3v) is 2.79. The highest BCUT2D eigenvalue weighted by atomic mass is 16.1. The lowest BCUT2D eigenvalue weighted by molar-refractivity contribution is -0.118. The first-order valence-corrected chi connectivity index (χ1v) is 6.16. The van der Waals surface area contributed by atoms with Gasteiger partial charge in [-0.1, -0.05) is 32.3 Å². The van der Waals surface area contributed by atoms with E-state index in [1.165, 1.54) is 19.3 Å². The first-order chi connectivity index (χ1) is 7.74. The number of hydrogen-bond donors (Lipinski definition) is 0. The van der Waals surface area contributed by atoms with E-state index in [1.807, 2.05) is 19.1 Å². The molecule has 0 amide bonds. The largest absolute Gasteiger partial charge is 0.299 e. The van der Waals surface area contributed by atoms with Crippen LogP contribution in [0, 0.1) is 6.92 Å². The molecule has 0 unspecified atom stereocenters. The van der Waals surface area contributed by atoms with Crippen LogP contribution in [0.25, 0.3) is 0 Å². The predicted molar refractivity (Wildman–Crippen MR) is 66.4 cm³/mol. The molecule has 0 aromatic carbocycles. The van der Waals surface area contributed by atoms with Gasteiger partial charge in [-0.25, -0.2) is 0 Å². The third-order valence-electron chi connectivity index (χ3n) is 2.79. The summed E-state index contributed by atoms with van der Waals surface area (Å²) in [5.74, 6) is 0.318. The molecule has 0 aliphatic heterocycles. The molecule has 2 heteroatoms. The van der Waals surface area contributed by atoms with Gasteiger partial charge in [-0.05, 0) is 25.0 Å². The van der Waals surface area contributed by atoms with E-state index in [4.69, 9.17) is 0 Å². The molecule has 2 nitrogen and oxygen atoms in total. The number of carbonyl (C=O) groups excluding carboxylic acids is 1. The van der Waals surface area contributed by atoms with Crippen molar-refractivity contribution in [2.45, 2.75) is 52.4 Å². The molecule has 0 spiro atoms. The van der Waals surface area contributed by atoms with E-state index in [0.29, 0.717) is 18.6 Å². The molecule has 0 bridgehead atoms. The first kappa shape index (κ1) is 12.9. The first-order valence-electron chi connectivity index (χ1n) is 6.16. The average molecular weight is 219 g/mol. The van der Waals surface area contributed by atoms with Crippen molar-refractivity contribution in [3.05, 3.63) is 29.6 Å². The van der Waals surface area contributed by atoms with Gasteiger partial charge in [0, 0.05) is 19.0 Å². The summed E-state index contributed by atoms with van der Waals surface area (Å²) in [4.78, 5) is 15.9. The third kappa shape index (κ3) is 4.56. The Morgan fingerprint density at radius 3 is 2.81 bits per heavy atom. The van der Waals surface area contributed by atoms with Gasteiger partial charge in [-0.15, -0.1) is 0 Å². The van der Waals surface area contributed by atoms with Crippen LogP contribution < -0.4 is 0 Å². The lowest BCUT2D eigenvalue weighted by Gasteiger charge is -2.03. The van der Waals surface area contributed by atoms with Gasteiger partial charge in [0.05, 0.1) is 5.69 Å². The van der Waals surface area contributed by atoms with Crippen LogP contribution >= 0.6 is 0 Å². The van der Waals surface area contributed by atoms with Crippen molar-refractivity contribution in [3.8, 4) is 0 Å². The predicted octanol–water partition coefficient (Wildman–Crippen LogP) is 3.47. The van der Waals surface area contributed by atoms with Gasteiger partial charge < -0.3 is 0 Å². The van der Waals surface area contributed by atoms with Crippen molar-refractivity contribution in [2.24, 2.45) is 0 Å². The number of carbonyl (C=O) groups is 1. The molecule has 1 aromatic heterocycles. The zero-order valence-corrected chi connectivity index (χ0v) is 10.3. The minimum absolute atomic E-state index is 0.318. The number of pyridine rings is 1. The fraction of sp³-hybridized carbons (Fsp3) is 0.571. The molecule has 1 rings (SSSR count). The molecule has 88 valence electrons. The second-order valence-electron chi connectivity index (χ2n) is 4.29. The number of rotatable bonds is 7. The Hall–Kier alpha value is -1.18. The highest BCUT2D eigenvalue weighted by Gasteiger charge is 2.06. The van der Waals surface area contributed by atoms with Crippen molar-refractivity contribution < 1.29 is 4.79 Å². The minimum Gasteiger partial charge on any atom is -0.299 e. The van der Waals surface area contributed by atoms with Crippen molar-refractivity contribution in [3.63, 3.8) is 0 Å². The Morgan fingerprint density at radius 2 is 2.12 bits per heavy atom. The molecule has 16 heavy (non-hydrogen) atoms. The fourth-order valence-electron chi connectivity index (χ4n) is 1.73. The Bertz CT molecular complexity index is 333. The summed E-state index contributed by atoms with van der Waals surface area (Å²) in [7, 11) is 0. The van der Waals surface area contributed by atoms with Crippen molar-refractivity contribution in [1.82, 2.24) is 4.98 Å². The van der Waals surface area contributed by atoms with E-state index in [1.54, 1.807) is 6.20 Å². The van der Waals surface area contributed by atoms with E-state index >= 15 is 0 Å². The van der Waals surface area contributed by atoms with Crippen molar-refractivity contribution in [2.75, 3.05) is 0 Å². The number of nitrogens with zero attached hydrogens (tertiary/aromatic N) is 1. The molecule has 0 aliphatic carbocycles. The van der Waals surface area contributed by atoms with Crippen LogP contribution in [0.15, 0.2) is 18.3 Å². The number of Topliss-reactive ketones (excluding diaryl/α,β-unsaturated/α-hetero) is 1. The van der Waals surface area contributed by atoms with Crippen molar-refractivity contribution >= 4 is 5.78 Å². The van der Waals surface area contributed by atoms with Crippen LogP contribution in [0.3, 0.4) is 0 Å². The summed E-state index contributed by atoms with van der Waals surface area (Å²) in [6.45, 7) is 4.19. The molecule has 0 saturated carbocycles. The Balaban J connectivity index is 2.32. The second-order valence-corrected chi connectivity index (χ2v) is 4.29. The van der Waals surface area contributed by atoms with Crippen LogP contribution in [-0.2, 0) is 11.2 Å². The van der Waals surface area contributed by atoms with Gasteiger partial charge in [0.25, 0.3) is 0 Å². The summed E-state index contributed by atoms with van der Waals surface area (Å²) in [5.41, 5.74) is 2.05. The van der Waals surface area contributed by atoms with Crippen LogP contribution in [0.4, 0.5) is 0 Å². The van der Waals surface area contributed by atoms with E-state index in [2.05, 4.69) is 11.9 Å². The van der Waals surface area contributed by atoms with Crippen LogP contribution in [0.2, 0.25) is 0 Å². The van der Waals surface area contributed by atoms with E-state index in [9.17, 15) is 4.79 Å². The molecule has 1 heterocycles. The maximum Gasteiger partial charge on any atom is 0.138 e. The molecule has 1 aromatic rings. The summed E-state index contributed by atoms with van der Waals surface area (Å²) < 4.78 is 0. The zero-order valence-electron chi connectivity index (χ0n) is 10.3. The summed E-state index contributed by atoms with van der Waals surface area (Å²) in [6, 6.07) is 3.91. The number of ketones is 1. The Morgan fingerprint density at radius 1 is 1.31 bits per heavy atom. The molecule has 0 N–H and O–H groups in total. The SMILES string of the molecule is CCCCCCC(=O)Cc1ncccc1C. The maximum atomic E-state index is 11.7. The summed E-state index contributed by atoms with van der Waals surface area (Å²) in [5, 5.41) is 0. The lowest BCUT2D eigenvalue weighted by atomic mass is 10.0. The van der Waals surface area contributed by atoms with Gasteiger partial charge in [0.2, 0.25) is 0 Å². The van der Waals surface area contributed by atoms with Gasteiger partial charge in [0.1, 0.15) is 5.78 Å². The number of aromatic nitrogens is 1. The number of hydrogen-bond acceptors (Lipinski definition) is 2. The quantitative estimate of drug-likeness (QED) is 0.657. The van der Waals surface area contributed by atoms with Crippen LogP contribution in [-0.4, -0.2) is 10.8 Å². The fourth-order valence-corrected chi connectivity index (χ4v) is 1.73. The van der Waals surface area contributed by atoms with Crippen molar-refractivity contribution in [1.29, 1.82) is 0 Å². The number of aryl methyl sites for hydroxylation is 1. The zero-order chi connectivity index (χ0) is 11.8. The number of unbranched alkanes of at least 4 members (excludes halogenated alkanes) is 3. The standard InChI is InChI=1S/C14H21NO/c1-3-4-5-6-9-13(16)11-14-12(2)8-7-10-15-14/h7-8,10H,3-6,9,11H2,1-2H3. The molecule has 0 saturated heterocycles. The Kier molecular flexibility index (Phi) is 5.76. The smallest absolute Gasteiger partial charge is 0.138 e.